The van der Waals surface area contributed by atoms with Crippen molar-refractivity contribution in [1.82, 2.24) is 19.6 Å². The summed E-state index contributed by atoms with van der Waals surface area (Å²) in [6.45, 7) is 4.02. The second-order valence-corrected chi connectivity index (χ2v) is 3.54. The lowest BCUT2D eigenvalue weighted by Crippen LogP contribution is -2.05. The first-order chi connectivity index (χ1) is 7.09. The minimum absolute atomic E-state index is 0.111. The van der Waals surface area contributed by atoms with E-state index >= 15 is 0 Å². The Kier molecular flexibility index (Phi) is 2.11. The lowest BCUT2D eigenvalue weighted by atomic mass is 10.1. The Balaban J connectivity index is 2.66. The van der Waals surface area contributed by atoms with Gasteiger partial charge in [-0.25, -0.2) is 9.78 Å². The fourth-order valence-electron chi connectivity index (χ4n) is 1.25. The molecule has 0 amide bonds. The van der Waals surface area contributed by atoms with E-state index in [1.165, 1.54) is 4.40 Å². The maximum Gasteiger partial charge on any atom is 0.374 e. The molecular weight excluding hydrogens is 196 g/mol. The summed E-state index contributed by atoms with van der Waals surface area (Å²) >= 11 is 0. The average Bonchev–Trinajstić information content (AvgIpc) is 2.59. The third-order valence-corrected chi connectivity index (χ3v) is 2.14. The van der Waals surface area contributed by atoms with Crippen molar-refractivity contribution >= 4 is 11.7 Å². The lowest BCUT2D eigenvalue weighted by Gasteiger charge is -2.04. The van der Waals surface area contributed by atoms with E-state index in [-0.39, 0.29) is 11.7 Å². The number of nitrogens with zero attached hydrogens (tertiary/aromatic N) is 4. The number of carboxylic acids is 1. The minimum atomic E-state index is -1.11. The summed E-state index contributed by atoms with van der Waals surface area (Å²) < 4.78 is 1.39. The highest BCUT2D eigenvalue weighted by Gasteiger charge is 2.14. The highest BCUT2D eigenvalue weighted by atomic mass is 16.4. The van der Waals surface area contributed by atoms with E-state index in [0.29, 0.717) is 5.78 Å². The summed E-state index contributed by atoms with van der Waals surface area (Å²) in [7, 11) is 0. The van der Waals surface area contributed by atoms with Gasteiger partial charge in [-0.15, -0.1) is 10.2 Å². The van der Waals surface area contributed by atoms with E-state index < -0.39 is 5.97 Å². The van der Waals surface area contributed by atoms with Crippen molar-refractivity contribution in [2.24, 2.45) is 0 Å². The van der Waals surface area contributed by atoms with Gasteiger partial charge in [-0.1, -0.05) is 13.8 Å². The molecule has 1 N–H and O–H groups in total. The molecule has 0 saturated heterocycles. The van der Waals surface area contributed by atoms with Gasteiger partial charge in [0, 0.05) is 12.4 Å². The fraction of sp³-hybridized carbons (Fsp3) is 0.333. The first-order valence-corrected chi connectivity index (χ1v) is 4.53. The Morgan fingerprint density at radius 2 is 2.20 bits per heavy atom. The van der Waals surface area contributed by atoms with Gasteiger partial charge in [0.25, 0.3) is 5.78 Å². The average molecular weight is 206 g/mol. The van der Waals surface area contributed by atoms with Crippen LogP contribution in [-0.2, 0) is 0 Å². The molecule has 0 radical (unpaired) electrons. The van der Waals surface area contributed by atoms with Gasteiger partial charge in [-0.2, -0.15) is 0 Å². The molecule has 0 aliphatic carbocycles. The SMILES string of the molecule is CC(C)c1cnc2nnc(C(=O)O)n2c1. The number of rotatable bonds is 2. The highest BCUT2D eigenvalue weighted by molar-refractivity contribution is 5.84. The molecule has 0 aromatic carbocycles. The van der Waals surface area contributed by atoms with Crippen molar-refractivity contribution < 1.29 is 9.90 Å². The zero-order valence-corrected chi connectivity index (χ0v) is 8.38. The monoisotopic (exact) mass is 206 g/mol. The van der Waals surface area contributed by atoms with Crippen LogP contribution in [0.15, 0.2) is 12.4 Å². The molecule has 2 rings (SSSR count). The van der Waals surface area contributed by atoms with Crippen LogP contribution in [0.5, 0.6) is 0 Å². The van der Waals surface area contributed by atoms with Gasteiger partial charge in [-0.3, -0.25) is 4.40 Å². The Hall–Kier alpha value is -1.98. The van der Waals surface area contributed by atoms with Crippen molar-refractivity contribution in [2.75, 3.05) is 0 Å². The third-order valence-electron chi connectivity index (χ3n) is 2.14. The predicted octanol–water partition coefficient (Wildman–Crippen LogP) is 0.946. The van der Waals surface area contributed by atoms with Crippen LogP contribution in [0.1, 0.15) is 35.9 Å². The molecule has 0 saturated carbocycles. The Labute approximate surface area is 85.6 Å². The Morgan fingerprint density at radius 3 is 2.80 bits per heavy atom. The molecule has 0 atom stereocenters. The number of hydrogen-bond donors (Lipinski definition) is 1. The number of carboxylic acid groups (broad SMARTS) is 1. The summed E-state index contributed by atoms with van der Waals surface area (Å²) in [5, 5.41) is 16.1. The van der Waals surface area contributed by atoms with E-state index in [1.54, 1.807) is 12.4 Å². The van der Waals surface area contributed by atoms with Gasteiger partial charge >= 0.3 is 5.97 Å². The summed E-state index contributed by atoms with van der Waals surface area (Å²) in [6.07, 6.45) is 3.39. The molecule has 0 unspecified atom stereocenters. The van der Waals surface area contributed by atoms with Gasteiger partial charge in [0.05, 0.1) is 0 Å². The minimum Gasteiger partial charge on any atom is -0.475 e. The number of carbonyl (C=O) groups is 1. The molecule has 15 heavy (non-hydrogen) atoms. The summed E-state index contributed by atoms with van der Waals surface area (Å²) in [6, 6.07) is 0. The van der Waals surface area contributed by atoms with E-state index in [9.17, 15) is 4.79 Å². The molecule has 6 heteroatoms. The number of fused-ring (bicyclic) bond motifs is 1. The van der Waals surface area contributed by atoms with Crippen LogP contribution < -0.4 is 0 Å². The Bertz CT molecular complexity index is 518. The molecule has 78 valence electrons. The van der Waals surface area contributed by atoms with Crippen molar-refractivity contribution in [3.63, 3.8) is 0 Å². The Morgan fingerprint density at radius 1 is 1.47 bits per heavy atom. The second-order valence-electron chi connectivity index (χ2n) is 3.54. The van der Waals surface area contributed by atoms with E-state index in [1.807, 2.05) is 13.8 Å². The molecule has 0 aliphatic rings. The van der Waals surface area contributed by atoms with Crippen molar-refractivity contribution in [2.45, 2.75) is 19.8 Å². The van der Waals surface area contributed by atoms with Crippen molar-refractivity contribution in [3.05, 3.63) is 23.8 Å². The highest BCUT2D eigenvalue weighted by Crippen LogP contribution is 2.13. The van der Waals surface area contributed by atoms with Crippen molar-refractivity contribution in [1.29, 1.82) is 0 Å². The maximum absolute atomic E-state index is 10.8. The van der Waals surface area contributed by atoms with Crippen LogP contribution in [0, 0.1) is 0 Å². The topological polar surface area (TPSA) is 80.4 Å². The first-order valence-electron chi connectivity index (χ1n) is 4.53. The van der Waals surface area contributed by atoms with Gasteiger partial charge in [0.15, 0.2) is 0 Å². The summed E-state index contributed by atoms with van der Waals surface area (Å²) in [5.41, 5.74) is 0.949. The second kappa shape index (κ2) is 3.30. The van der Waals surface area contributed by atoms with E-state index in [0.717, 1.165) is 5.56 Å². The molecule has 2 heterocycles. The quantitative estimate of drug-likeness (QED) is 0.791. The zero-order chi connectivity index (χ0) is 11.0. The lowest BCUT2D eigenvalue weighted by molar-refractivity contribution is 0.0682. The third kappa shape index (κ3) is 1.54. The molecule has 6 nitrogen and oxygen atoms in total. The fourth-order valence-corrected chi connectivity index (χ4v) is 1.25. The van der Waals surface area contributed by atoms with Gasteiger partial charge in [-0.05, 0) is 11.5 Å². The maximum atomic E-state index is 10.8. The molecule has 2 aromatic heterocycles. The zero-order valence-electron chi connectivity index (χ0n) is 8.38. The first kappa shape index (κ1) is 9.57. The predicted molar refractivity (Wildman–Crippen MR) is 51.8 cm³/mol. The summed E-state index contributed by atoms with van der Waals surface area (Å²) in [4.78, 5) is 14.8. The molecule has 0 aliphatic heterocycles. The van der Waals surface area contributed by atoms with Gasteiger partial charge in [0.2, 0.25) is 5.82 Å². The van der Waals surface area contributed by atoms with Gasteiger partial charge < -0.3 is 5.11 Å². The molecule has 0 bridgehead atoms. The number of aromatic carboxylic acids is 1. The normalized spacial score (nSPS) is 11.1. The largest absolute Gasteiger partial charge is 0.475 e. The van der Waals surface area contributed by atoms with Crippen LogP contribution in [-0.4, -0.2) is 30.7 Å². The summed E-state index contributed by atoms with van der Waals surface area (Å²) in [5.74, 6) is -0.632. The molecule has 2 aromatic rings. The molecular formula is C9H10N4O2. The van der Waals surface area contributed by atoms with Crippen LogP contribution in [0.25, 0.3) is 5.78 Å². The molecule has 0 fully saturated rings. The van der Waals surface area contributed by atoms with Crippen LogP contribution in [0.2, 0.25) is 0 Å². The van der Waals surface area contributed by atoms with Crippen LogP contribution >= 0.6 is 0 Å². The molecule has 0 spiro atoms. The van der Waals surface area contributed by atoms with E-state index in [2.05, 4.69) is 15.2 Å². The van der Waals surface area contributed by atoms with Crippen molar-refractivity contribution in [3.8, 4) is 0 Å². The van der Waals surface area contributed by atoms with Gasteiger partial charge in [0.1, 0.15) is 0 Å². The van der Waals surface area contributed by atoms with Crippen LogP contribution in [0.3, 0.4) is 0 Å². The number of hydrogen-bond acceptors (Lipinski definition) is 4. The van der Waals surface area contributed by atoms with Crippen LogP contribution in [0.4, 0.5) is 0 Å². The smallest absolute Gasteiger partial charge is 0.374 e. The van der Waals surface area contributed by atoms with E-state index in [4.69, 9.17) is 5.11 Å². The number of aromatic nitrogens is 4. The standard InChI is InChI=1S/C9H10N4O2/c1-5(2)6-3-10-9-12-11-7(8(14)15)13(9)4-6/h3-5H,1-2H3,(H,14,15).